The molecular formula is C19H32O3. The summed E-state index contributed by atoms with van der Waals surface area (Å²) in [6.07, 6.45) is 20.3. The molecule has 3 heteroatoms. The van der Waals surface area contributed by atoms with Crippen LogP contribution < -0.4 is 0 Å². The molecule has 1 atom stereocenters. The Hall–Kier alpha value is -1.35. The molecule has 0 rings (SSSR count). The second-order valence-corrected chi connectivity index (χ2v) is 5.41. The molecule has 0 amide bonds. The van der Waals surface area contributed by atoms with Crippen LogP contribution in [0.3, 0.4) is 0 Å². The number of carbonyl (C=O) groups is 1. The van der Waals surface area contributed by atoms with Gasteiger partial charge in [0.2, 0.25) is 0 Å². The second-order valence-electron chi connectivity index (χ2n) is 5.41. The lowest BCUT2D eigenvalue weighted by molar-refractivity contribution is -0.140. The van der Waals surface area contributed by atoms with Gasteiger partial charge in [0.05, 0.1) is 13.2 Å². The van der Waals surface area contributed by atoms with Gasteiger partial charge in [-0.3, -0.25) is 4.79 Å². The number of rotatable bonds is 13. The molecule has 0 saturated carbocycles. The third kappa shape index (κ3) is 15.0. The van der Waals surface area contributed by atoms with Crippen LogP contribution in [-0.2, 0) is 9.53 Å². The van der Waals surface area contributed by atoms with Crippen LogP contribution in [0, 0.1) is 0 Å². The molecule has 0 fully saturated rings. The molecule has 1 N–H and O–H groups in total. The normalized spacial score (nSPS) is 13.4. The van der Waals surface area contributed by atoms with Gasteiger partial charge in [-0.15, -0.1) is 0 Å². The van der Waals surface area contributed by atoms with Crippen molar-refractivity contribution in [1.82, 2.24) is 0 Å². The van der Waals surface area contributed by atoms with Crippen LogP contribution in [0.1, 0.15) is 64.7 Å². The standard InChI is InChI=1S/C19H32O3/c1-3-4-5-6-7-9-12-15-18(20)16-13-10-8-11-14-17-19(21)22-2/h7,9-10,12-13,15,18,20H,3-6,8,11,14,16-17H2,1-2H3. The number of aliphatic hydroxyl groups is 1. The minimum Gasteiger partial charge on any atom is -0.469 e. The number of allylic oxidation sites excluding steroid dienone is 4. The monoisotopic (exact) mass is 308 g/mol. The Bertz CT molecular complexity index is 343. The van der Waals surface area contributed by atoms with E-state index in [1.165, 1.54) is 26.4 Å². The number of ether oxygens (including phenoxy) is 1. The van der Waals surface area contributed by atoms with Crippen molar-refractivity contribution >= 4 is 5.97 Å². The topological polar surface area (TPSA) is 46.5 Å². The lowest BCUT2D eigenvalue weighted by atomic mass is 10.1. The summed E-state index contributed by atoms with van der Waals surface area (Å²) in [5, 5.41) is 9.76. The summed E-state index contributed by atoms with van der Waals surface area (Å²) in [4.78, 5) is 10.9. The quantitative estimate of drug-likeness (QED) is 0.232. The molecule has 0 bridgehead atoms. The Morgan fingerprint density at radius 2 is 1.77 bits per heavy atom. The van der Waals surface area contributed by atoms with E-state index in [1.54, 1.807) is 0 Å². The van der Waals surface area contributed by atoms with E-state index in [4.69, 9.17) is 0 Å². The molecular weight excluding hydrogens is 276 g/mol. The SMILES string of the molecule is CCCCCC=CC=CC(O)CC=CCCCCC(=O)OC. The van der Waals surface area contributed by atoms with Gasteiger partial charge in [-0.05, 0) is 38.5 Å². The molecule has 1 unspecified atom stereocenters. The maximum absolute atomic E-state index is 10.9. The van der Waals surface area contributed by atoms with Gasteiger partial charge >= 0.3 is 5.97 Å². The molecule has 0 aromatic rings. The fourth-order valence-electron chi connectivity index (χ4n) is 1.95. The molecule has 0 aliphatic rings. The number of carbonyl (C=O) groups excluding carboxylic acids is 1. The molecule has 0 spiro atoms. The number of hydrogen-bond acceptors (Lipinski definition) is 3. The molecule has 0 aromatic heterocycles. The minimum atomic E-state index is -0.424. The molecule has 0 radical (unpaired) electrons. The Labute approximate surface area is 135 Å². The highest BCUT2D eigenvalue weighted by Crippen LogP contribution is 2.04. The average Bonchev–Trinajstić information content (AvgIpc) is 2.52. The van der Waals surface area contributed by atoms with Crippen molar-refractivity contribution in [3.8, 4) is 0 Å². The molecule has 0 saturated heterocycles. The van der Waals surface area contributed by atoms with Gasteiger partial charge in [0, 0.05) is 6.42 Å². The van der Waals surface area contributed by atoms with Crippen LogP contribution in [0.2, 0.25) is 0 Å². The van der Waals surface area contributed by atoms with E-state index in [2.05, 4.69) is 23.8 Å². The molecule has 126 valence electrons. The maximum atomic E-state index is 10.9. The van der Waals surface area contributed by atoms with Crippen molar-refractivity contribution in [3.63, 3.8) is 0 Å². The van der Waals surface area contributed by atoms with Crippen molar-refractivity contribution in [3.05, 3.63) is 36.5 Å². The van der Waals surface area contributed by atoms with E-state index in [0.29, 0.717) is 12.8 Å². The first-order valence-corrected chi connectivity index (χ1v) is 8.44. The number of esters is 1. The van der Waals surface area contributed by atoms with Gasteiger partial charge in [-0.2, -0.15) is 0 Å². The molecule has 22 heavy (non-hydrogen) atoms. The average molecular weight is 308 g/mol. The van der Waals surface area contributed by atoms with Crippen LogP contribution in [0.15, 0.2) is 36.5 Å². The Balaban J connectivity index is 3.56. The Morgan fingerprint density at radius 1 is 1.05 bits per heavy atom. The first kappa shape index (κ1) is 20.6. The summed E-state index contributed by atoms with van der Waals surface area (Å²) in [5.41, 5.74) is 0. The molecule has 0 aliphatic heterocycles. The van der Waals surface area contributed by atoms with Crippen LogP contribution in [0.5, 0.6) is 0 Å². The zero-order valence-electron chi connectivity index (χ0n) is 14.2. The van der Waals surface area contributed by atoms with Crippen molar-refractivity contribution in [2.24, 2.45) is 0 Å². The summed E-state index contributed by atoms with van der Waals surface area (Å²) in [6.45, 7) is 2.20. The van der Waals surface area contributed by atoms with Crippen molar-refractivity contribution in [2.75, 3.05) is 7.11 Å². The first-order chi connectivity index (χ1) is 10.7. The van der Waals surface area contributed by atoms with Crippen molar-refractivity contribution < 1.29 is 14.6 Å². The summed E-state index contributed by atoms with van der Waals surface area (Å²) >= 11 is 0. The van der Waals surface area contributed by atoms with Crippen LogP contribution in [0.25, 0.3) is 0 Å². The predicted molar refractivity (Wildman–Crippen MR) is 92.7 cm³/mol. The van der Waals surface area contributed by atoms with Gasteiger partial charge < -0.3 is 9.84 Å². The minimum absolute atomic E-state index is 0.146. The zero-order valence-corrected chi connectivity index (χ0v) is 14.2. The largest absolute Gasteiger partial charge is 0.469 e. The van der Waals surface area contributed by atoms with Crippen LogP contribution in [0.4, 0.5) is 0 Å². The van der Waals surface area contributed by atoms with E-state index in [0.717, 1.165) is 25.7 Å². The maximum Gasteiger partial charge on any atom is 0.305 e. The Kier molecular flexibility index (Phi) is 15.0. The number of unbranched alkanes of at least 4 members (excludes halogenated alkanes) is 5. The summed E-state index contributed by atoms with van der Waals surface area (Å²) < 4.78 is 4.58. The van der Waals surface area contributed by atoms with Crippen LogP contribution >= 0.6 is 0 Å². The Morgan fingerprint density at radius 3 is 2.50 bits per heavy atom. The third-order valence-electron chi connectivity index (χ3n) is 3.33. The molecule has 0 aromatic carbocycles. The van der Waals surface area contributed by atoms with E-state index in [1.807, 2.05) is 24.3 Å². The first-order valence-electron chi connectivity index (χ1n) is 8.44. The molecule has 0 heterocycles. The number of aliphatic hydroxyl groups excluding tert-OH is 1. The highest BCUT2D eigenvalue weighted by molar-refractivity contribution is 5.68. The van der Waals surface area contributed by atoms with E-state index in [9.17, 15) is 9.90 Å². The third-order valence-corrected chi connectivity index (χ3v) is 3.33. The highest BCUT2D eigenvalue weighted by atomic mass is 16.5. The lowest BCUT2D eigenvalue weighted by Gasteiger charge is -2.00. The number of hydrogen-bond donors (Lipinski definition) is 1. The van der Waals surface area contributed by atoms with E-state index in [-0.39, 0.29) is 5.97 Å². The summed E-state index contributed by atoms with van der Waals surface area (Å²) in [5.74, 6) is -0.146. The second kappa shape index (κ2) is 16.0. The predicted octanol–water partition coefficient (Wildman–Crippen LogP) is 4.72. The molecule has 3 nitrogen and oxygen atoms in total. The van der Waals surface area contributed by atoms with Crippen LogP contribution in [-0.4, -0.2) is 24.3 Å². The zero-order chi connectivity index (χ0) is 16.5. The van der Waals surface area contributed by atoms with Gasteiger partial charge in [0.25, 0.3) is 0 Å². The van der Waals surface area contributed by atoms with E-state index < -0.39 is 6.10 Å². The van der Waals surface area contributed by atoms with Gasteiger partial charge in [0.15, 0.2) is 0 Å². The summed E-state index contributed by atoms with van der Waals surface area (Å²) in [6, 6.07) is 0. The highest BCUT2D eigenvalue weighted by Gasteiger charge is 1.98. The fraction of sp³-hybridized carbons (Fsp3) is 0.632. The number of methoxy groups -OCH3 is 1. The molecule has 0 aliphatic carbocycles. The van der Waals surface area contributed by atoms with Gasteiger partial charge in [-0.25, -0.2) is 0 Å². The van der Waals surface area contributed by atoms with Gasteiger partial charge in [-0.1, -0.05) is 56.2 Å². The fourth-order valence-corrected chi connectivity index (χ4v) is 1.95. The van der Waals surface area contributed by atoms with Gasteiger partial charge in [0.1, 0.15) is 0 Å². The van der Waals surface area contributed by atoms with Crippen molar-refractivity contribution in [1.29, 1.82) is 0 Å². The van der Waals surface area contributed by atoms with E-state index >= 15 is 0 Å². The summed E-state index contributed by atoms with van der Waals surface area (Å²) in [7, 11) is 1.41. The smallest absolute Gasteiger partial charge is 0.305 e. The lowest BCUT2D eigenvalue weighted by Crippen LogP contribution is -1.99. The van der Waals surface area contributed by atoms with Crippen molar-refractivity contribution in [2.45, 2.75) is 70.8 Å².